The quantitative estimate of drug-likeness (QED) is 0.796. The lowest BCUT2D eigenvalue weighted by molar-refractivity contribution is 0.258. The summed E-state index contributed by atoms with van der Waals surface area (Å²) in [5, 5.41) is 0. The molecule has 94 valence electrons. The molecule has 17 heavy (non-hydrogen) atoms. The van der Waals surface area contributed by atoms with E-state index in [0.29, 0.717) is 6.04 Å². The second-order valence-electron chi connectivity index (χ2n) is 4.85. The van der Waals surface area contributed by atoms with Crippen molar-refractivity contribution in [3.8, 4) is 0 Å². The number of hydrogen-bond acceptors (Lipinski definition) is 2. The Morgan fingerprint density at radius 1 is 1.29 bits per heavy atom. The van der Waals surface area contributed by atoms with Gasteiger partial charge in [0.15, 0.2) is 0 Å². The first-order valence-corrected chi connectivity index (χ1v) is 6.42. The monoisotopic (exact) mass is 236 g/mol. The lowest BCUT2D eigenvalue weighted by Crippen LogP contribution is -2.52. The van der Waals surface area contributed by atoms with Gasteiger partial charge in [0.05, 0.1) is 5.69 Å². The average molecular weight is 236 g/mol. The summed E-state index contributed by atoms with van der Waals surface area (Å²) in [7, 11) is 2.14. The molecule has 1 aromatic rings. The van der Waals surface area contributed by atoms with E-state index in [9.17, 15) is 4.39 Å². The Kier molecular flexibility index (Phi) is 4.00. The minimum atomic E-state index is -0.0989. The molecule has 1 fully saturated rings. The molecule has 0 N–H and O–H groups in total. The van der Waals surface area contributed by atoms with E-state index in [-0.39, 0.29) is 5.82 Å². The number of nitrogens with zero attached hydrogens (tertiary/aromatic N) is 2. The first kappa shape index (κ1) is 12.4. The summed E-state index contributed by atoms with van der Waals surface area (Å²) in [6, 6.07) is 7.55. The second kappa shape index (κ2) is 5.50. The second-order valence-corrected chi connectivity index (χ2v) is 4.85. The van der Waals surface area contributed by atoms with E-state index < -0.39 is 0 Å². The highest BCUT2D eigenvalue weighted by Gasteiger charge is 2.26. The number of rotatable bonds is 3. The van der Waals surface area contributed by atoms with Crippen molar-refractivity contribution in [2.75, 3.05) is 31.6 Å². The summed E-state index contributed by atoms with van der Waals surface area (Å²) in [5.74, 6) is -0.0989. The van der Waals surface area contributed by atoms with Gasteiger partial charge in [0.2, 0.25) is 0 Å². The van der Waals surface area contributed by atoms with Gasteiger partial charge in [-0.15, -0.1) is 0 Å². The molecule has 0 aliphatic carbocycles. The van der Waals surface area contributed by atoms with Gasteiger partial charge >= 0.3 is 0 Å². The minimum Gasteiger partial charge on any atom is -0.364 e. The Morgan fingerprint density at radius 3 is 2.76 bits per heavy atom. The van der Waals surface area contributed by atoms with E-state index in [2.05, 4.69) is 23.8 Å². The smallest absolute Gasteiger partial charge is 0.146 e. The average Bonchev–Trinajstić information content (AvgIpc) is 2.31. The predicted molar refractivity (Wildman–Crippen MR) is 69.9 cm³/mol. The fourth-order valence-corrected chi connectivity index (χ4v) is 2.59. The topological polar surface area (TPSA) is 6.48 Å². The van der Waals surface area contributed by atoms with Gasteiger partial charge in [0.1, 0.15) is 5.82 Å². The third-order valence-electron chi connectivity index (χ3n) is 3.47. The number of anilines is 1. The number of benzene rings is 1. The first-order chi connectivity index (χ1) is 8.22. The molecule has 0 aromatic heterocycles. The van der Waals surface area contributed by atoms with Crippen LogP contribution in [0.1, 0.15) is 19.8 Å². The zero-order valence-electron chi connectivity index (χ0n) is 10.7. The summed E-state index contributed by atoms with van der Waals surface area (Å²) in [4.78, 5) is 4.57. The molecule has 0 amide bonds. The maximum absolute atomic E-state index is 13.8. The summed E-state index contributed by atoms with van der Waals surface area (Å²) in [6.07, 6.45) is 2.27. The summed E-state index contributed by atoms with van der Waals surface area (Å²) >= 11 is 0. The molecular formula is C14H21FN2. The van der Waals surface area contributed by atoms with E-state index in [1.807, 2.05) is 12.1 Å². The number of piperazine rings is 1. The van der Waals surface area contributed by atoms with Crippen molar-refractivity contribution in [2.24, 2.45) is 0 Å². The molecule has 1 unspecified atom stereocenters. The molecule has 1 atom stereocenters. The molecule has 1 heterocycles. The Labute approximate surface area is 103 Å². The predicted octanol–water partition coefficient (Wildman–Crippen LogP) is 2.75. The molecule has 0 radical (unpaired) electrons. The van der Waals surface area contributed by atoms with Crippen molar-refractivity contribution < 1.29 is 4.39 Å². The fraction of sp³-hybridized carbons (Fsp3) is 0.571. The zero-order chi connectivity index (χ0) is 12.3. The van der Waals surface area contributed by atoms with Crippen LogP contribution < -0.4 is 4.90 Å². The Hall–Kier alpha value is -1.09. The van der Waals surface area contributed by atoms with Gasteiger partial charge < -0.3 is 9.80 Å². The SMILES string of the molecule is CCCC1CN(C)CCN1c1ccccc1F. The molecule has 0 spiro atoms. The van der Waals surface area contributed by atoms with Crippen LogP contribution in [-0.4, -0.2) is 37.6 Å². The van der Waals surface area contributed by atoms with Gasteiger partial charge in [-0.05, 0) is 25.6 Å². The Balaban J connectivity index is 2.20. The van der Waals surface area contributed by atoms with E-state index in [0.717, 1.165) is 38.2 Å². The molecule has 3 heteroatoms. The van der Waals surface area contributed by atoms with Crippen LogP contribution in [0.5, 0.6) is 0 Å². The summed E-state index contributed by atoms with van der Waals surface area (Å²) in [6.45, 7) is 5.15. The lowest BCUT2D eigenvalue weighted by atomic mass is 10.1. The highest BCUT2D eigenvalue weighted by atomic mass is 19.1. The highest BCUT2D eigenvalue weighted by molar-refractivity contribution is 5.49. The summed E-state index contributed by atoms with van der Waals surface area (Å²) < 4.78 is 13.8. The molecule has 1 aliphatic rings. The minimum absolute atomic E-state index is 0.0989. The van der Waals surface area contributed by atoms with Crippen LogP contribution in [0.15, 0.2) is 24.3 Å². The van der Waals surface area contributed by atoms with Gasteiger partial charge in [0, 0.05) is 25.7 Å². The molecule has 1 saturated heterocycles. The molecule has 0 bridgehead atoms. The Bertz CT molecular complexity index is 367. The van der Waals surface area contributed by atoms with Crippen molar-refractivity contribution in [2.45, 2.75) is 25.8 Å². The lowest BCUT2D eigenvalue weighted by Gasteiger charge is -2.41. The normalized spacial score (nSPS) is 21.8. The van der Waals surface area contributed by atoms with Crippen molar-refractivity contribution in [1.82, 2.24) is 4.90 Å². The highest BCUT2D eigenvalue weighted by Crippen LogP contribution is 2.25. The molecule has 1 aliphatic heterocycles. The van der Waals surface area contributed by atoms with E-state index in [4.69, 9.17) is 0 Å². The van der Waals surface area contributed by atoms with Crippen molar-refractivity contribution >= 4 is 5.69 Å². The third-order valence-corrected chi connectivity index (χ3v) is 3.47. The van der Waals surface area contributed by atoms with Gasteiger partial charge in [-0.2, -0.15) is 0 Å². The van der Waals surface area contributed by atoms with Gasteiger partial charge in [0.25, 0.3) is 0 Å². The van der Waals surface area contributed by atoms with Crippen LogP contribution in [0.2, 0.25) is 0 Å². The van der Waals surface area contributed by atoms with Crippen molar-refractivity contribution in [1.29, 1.82) is 0 Å². The van der Waals surface area contributed by atoms with E-state index >= 15 is 0 Å². The van der Waals surface area contributed by atoms with Crippen molar-refractivity contribution in [3.63, 3.8) is 0 Å². The Morgan fingerprint density at radius 2 is 2.06 bits per heavy atom. The van der Waals surface area contributed by atoms with Gasteiger partial charge in [-0.25, -0.2) is 4.39 Å². The van der Waals surface area contributed by atoms with Gasteiger partial charge in [-0.3, -0.25) is 0 Å². The molecule has 2 nitrogen and oxygen atoms in total. The first-order valence-electron chi connectivity index (χ1n) is 6.42. The van der Waals surface area contributed by atoms with Crippen LogP contribution in [-0.2, 0) is 0 Å². The largest absolute Gasteiger partial charge is 0.364 e. The number of halogens is 1. The molecule has 2 rings (SSSR count). The van der Waals surface area contributed by atoms with Crippen LogP contribution in [0.3, 0.4) is 0 Å². The fourth-order valence-electron chi connectivity index (χ4n) is 2.59. The molecule has 0 saturated carbocycles. The number of likely N-dealkylation sites (N-methyl/N-ethyl adjacent to an activating group) is 1. The maximum Gasteiger partial charge on any atom is 0.146 e. The maximum atomic E-state index is 13.8. The number of hydrogen-bond donors (Lipinski definition) is 0. The van der Waals surface area contributed by atoms with Crippen molar-refractivity contribution in [3.05, 3.63) is 30.1 Å². The third kappa shape index (κ3) is 2.78. The van der Waals surface area contributed by atoms with Crippen LogP contribution in [0.4, 0.5) is 10.1 Å². The van der Waals surface area contributed by atoms with Gasteiger partial charge in [-0.1, -0.05) is 25.5 Å². The standard InChI is InChI=1S/C14H21FN2/c1-3-6-12-11-16(2)9-10-17(12)14-8-5-4-7-13(14)15/h4-5,7-8,12H,3,6,9-11H2,1-2H3. The molecule has 1 aromatic carbocycles. The van der Waals surface area contributed by atoms with Crippen LogP contribution in [0.25, 0.3) is 0 Å². The van der Waals surface area contributed by atoms with Crippen LogP contribution in [0, 0.1) is 5.82 Å². The van der Waals surface area contributed by atoms with Crippen LogP contribution >= 0.6 is 0 Å². The zero-order valence-corrected chi connectivity index (χ0v) is 10.7. The molecular weight excluding hydrogens is 215 g/mol. The van der Waals surface area contributed by atoms with E-state index in [1.165, 1.54) is 0 Å². The van der Waals surface area contributed by atoms with E-state index in [1.54, 1.807) is 12.1 Å². The summed E-state index contributed by atoms with van der Waals surface area (Å²) in [5.41, 5.74) is 0.763. The number of para-hydroxylation sites is 1.